The Bertz CT molecular complexity index is 425. The third kappa shape index (κ3) is 3.32. The van der Waals surface area contributed by atoms with E-state index in [9.17, 15) is 0 Å². The maximum absolute atomic E-state index is 9.12. The van der Waals surface area contributed by atoms with Crippen LogP contribution in [-0.2, 0) is 13.2 Å². The van der Waals surface area contributed by atoms with E-state index in [2.05, 4.69) is 17.5 Å². The number of nitriles is 1. The molecule has 1 aromatic carbocycles. The molecule has 0 amide bonds. The van der Waals surface area contributed by atoms with E-state index in [1.165, 1.54) is 18.4 Å². The molecule has 0 aliphatic heterocycles. The molecule has 1 aliphatic carbocycles. The first-order valence-electron chi connectivity index (χ1n) is 6.65. The second-order valence-corrected chi connectivity index (χ2v) is 4.99. The lowest BCUT2D eigenvalue weighted by molar-refractivity contribution is 0.281. The number of nitrogens with zero attached hydrogens (tertiary/aromatic N) is 1. The fourth-order valence-electron chi connectivity index (χ4n) is 2.62. The van der Waals surface area contributed by atoms with Crippen molar-refractivity contribution in [3.05, 3.63) is 35.4 Å². The zero-order valence-electron chi connectivity index (χ0n) is 10.6. The number of hydrogen-bond acceptors (Lipinski definition) is 3. The summed E-state index contributed by atoms with van der Waals surface area (Å²) in [5.74, 6) is 0.153. The molecule has 1 aromatic rings. The predicted octanol–water partition coefficient (Wildman–Crippen LogP) is 2.35. The first-order chi connectivity index (χ1) is 8.83. The van der Waals surface area contributed by atoms with Crippen LogP contribution in [0.4, 0.5) is 0 Å². The van der Waals surface area contributed by atoms with Crippen molar-refractivity contribution in [1.82, 2.24) is 5.32 Å². The normalized spacial score (nSPS) is 23.6. The van der Waals surface area contributed by atoms with Gasteiger partial charge in [0, 0.05) is 12.6 Å². The summed E-state index contributed by atoms with van der Waals surface area (Å²) in [4.78, 5) is 0. The number of nitrogens with one attached hydrogen (secondary N) is 1. The monoisotopic (exact) mass is 244 g/mol. The van der Waals surface area contributed by atoms with E-state index in [0.717, 1.165) is 24.9 Å². The fourth-order valence-corrected chi connectivity index (χ4v) is 2.62. The smallest absolute Gasteiger partial charge is 0.0681 e. The van der Waals surface area contributed by atoms with Crippen molar-refractivity contribution in [2.24, 2.45) is 5.92 Å². The Kier molecular flexibility index (Phi) is 4.74. The number of hydrogen-bond donors (Lipinski definition) is 2. The van der Waals surface area contributed by atoms with E-state index >= 15 is 0 Å². The zero-order valence-corrected chi connectivity index (χ0v) is 10.6. The molecule has 3 nitrogen and oxygen atoms in total. The van der Waals surface area contributed by atoms with E-state index in [4.69, 9.17) is 10.4 Å². The minimum Gasteiger partial charge on any atom is -0.392 e. The third-order valence-corrected chi connectivity index (χ3v) is 3.67. The summed E-state index contributed by atoms with van der Waals surface area (Å²) in [6, 6.07) is 10.7. The summed E-state index contributed by atoms with van der Waals surface area (Å²) < 4.78 is 0. The second-order valence-electron chi connectivity index (χ2n) is 4.99. The highest BCUT2D eigenvalue weighted by atomic mass is 16.3. The number of benzene rings is 1. The molecule has 0 saturated heterocycles. The Hall–Kier alpha value is -1.37. The Morgan fingerprint density at radius 3 is 2.83 bits per heavy atom. The van der Waals surface area contributed by atoms with Gasteiger partial charge < -0.3 is 10.4 Å². The van der Waals surface area contributed by atoms with Gasteiger partial charge in [-0.1, -0.05) is 37.1 Å². The van der Waals surface area contributed by atoms with Crippen molar-refractivity contribution < 1.29 is 5.11 Å². The van der Waals surface area contributed by atoms with Gasteiger partial charge in [-0.05, 0) is 24.0 Å². The quantitative estimate of drug-likeness (QED) is 0.854. The van der Waals surface area contributed by atoms with E-state index < -0.39 is 0 Å². The van der Waals surface area contributed by atoms with Gasteiger partial charge in [0.2, 0.25) is 0 Å². The van der Waals surface area contributed by atoms with Gasteiger partial charge in [0.25, 0.3) is 0 Å². The average molecular weight is 244 g/mol. The molecule has 1 saturated carbocycles. The summed E-state index contributed by atoms with van der Waals surface area (Å²) in [6.07, 6.45) is 4.51. The van der Waals surface area contributed by atoms with Crippen LogP contribution in [0.2, 0.25) is 0 Å². The molecule has 2 N–H and O–H groups in total. The molecule has 3 heteroatoms. The number of aliphatic hydroxyl groups excluding tert-OH is 1. The van der Waals surface area contributed by atoms with Crippen LogP contribution in [0.15, 0.2) is 24.3 Å². The predicted molar refractivity (Wildman–Crippen MR) is 70.6 cm³/mol. The Labute approximate surface area is 108 Å². The summed E-state index contributed by atoms with van der Waals surface area (Å²) >= 11 is 0. The highest BCUT2D eigenvalue weighted by Crippen LogP contribution is 2.24. The van der Waals surface area contributed by atoms with Crippen LogP contribution in [0.1, 0.15) is 36.8 Å². The molecule has 2 unspecified atom stereocenters. The van der Waals surface area contributed by atoms with E-state index in [-0.39, 0.29) is 12.5 Å². The number of aliphatic hydroxyl groups is 1. The highest BCUT2D eigenvalue weighted by Gasteiger charge is 2.24. The molecule has 0 bridgehead atoms. The number of rotatable bonds is 4. The van der Waals surface area contributed by atoms with Gasteiger partial charge in [-0.2, -0.15) is 5.26 Å². The fraction of sp³-hybridized carbons (Fsp3) is 0.533. The lowest BCUT2D eigenvalue weighted by Gasteiger charge is -2.27. The maximum atomic E-state index is 9.12. The topological polar surface area (TPSA) is 56.0 Å². The van der Waals surface area contributed by atoms with Crippen molar-refractivity contribution in [2.75, 3.05) is 0 Å². The van der Waals surface area contributed by atoms with Crippen molar-refractivity contribution >= 4 is 0 Å². The van der Waals surface area contributed by atoms with Gasteiger partial charge >= 0.3 is 0 Å². The first-order valence-corrected chi connectivity index (χ1v) is 6.65. The maximum Gasteiger partial charge on any atom is 0.0681 e. The minimum atomic E-state index is 0.0814. The molecular formula is C15H20N2O. The summed E-state index contributed by atoms with van der Waals surface area (Å²) in [5, 5.41) is 21.7. The van der Waals surface area contributed by atoms with Crippen LogP contribution >= 0.6 is 0 Å². The van der Waals surface area contributed by atoms with Crippen LogP contribution in [0.25, 0.3) is 0 Å². The van der Waals surface area contributed by atoms with E-state index in [1.54, 1.807) is 0 Å². The lowest BCUT2D eigenvalue weighted by Crippen LogP contribution is -2.37. The Morgan fingerprint density at radius 1 is 1.28 bits per heavy atom. The van der Waals surface area contributed by atoms with Gasteiger partial charge in [-0.3, -0.25) is 0 Å². The zero-order chi connectivity index (χ0) is 12.8. The first kappa shape index (κ1) is 13.1. The molecule has 0 heterocycles. The third-order valence-electron chi connectivity index (χ3n) is 3.67. The molecule has 0 aromatic heterocycles. The van der Waals surface area contributed by atoms with Crippen LogP contribution in [-0.4, -0.2) is 11.1 Å². The summed E-state index contributed by atoms with van der Waals surface area (Å²) in [6.45, 7) is 0.856. The Morgan fingerprint density at radius 2 is 2.06 bits per heavy atom. The molecule has 18 heavy (non-hydrogen) atoms. The largest absolute Gasteiger partial charge is 0.392 e. The van der Waals surface area contributed by atoms with Crippen LogP contribution < -0.4 is 5.32 Å². The lowest BCUT2D eigenvalue weighted by atomic mass is 9.85. The van der Waals surface area contributed by atoms with Crippen molar-refractivity contribution in [2.45, 2.75) is 44.9 Å². The van der Waals surface area contributed by atoms with E-state index in [0.29, 0.717) is 6.04 Å². The van der Waals surface area contributed by atoms with Crippen molar-refractivity contribution in [3.63, 3.8) is 0 Å². The molecule has 96 valence electrons. The molecule has 0 spiro atoms. The molecule has 1 aliphatic rings. The van der Waals surface area contributed by atoms with Gasteiger partial charge in [0.1, 0.15) is 0 Å². The van der Waals surface area contributed by atoms with Crippen LogP contribution in [0, 0.1) is 17.2 Å². The second kappa shape index (κ2) is 6.53. The molecule has 2 rings (SSSR count). The molecule has 2 atom stereocenters. The molecular weight excluding hydrogens is 224 g/mol. The SMILES string of the molecule is N#CC1CCCCC1NCc1cccc(CO)c1. The molecule has 0 radical (unpaired) electrons. The van der Waals surface area contributed by atoms with Crippen LogP contribution in [0.3, 0.4) is 0 Å². The van der Waals surface area contributed by atoms with Crippen molar-refractivity contribution in [3.8, 4) is 6.07 Å². The van der Waals surface area contributed by atoms with Gasteiger partial charge in [0.15, 0.2) is 0 Å². The van der Waals surface area contributed by atoms with Gasteiger partial charge in [0.05, 0.1) is 18.6 Å². The summed E-state index contributed by atoms with van der Waals surface area (Å²) in [7, 11) is 0. The standard InChI is InChI=1S/C15H20N2O/c16-9-14-6-1-2-7-15(14)17-10-12-4-3-5-13(8-12)11-18/h3-5,8,14-15,17-18H,1-2,6-7,10-11H2. The van der Waals surface area contributed by atoms with E-state index in [1.807, 2.05) is 18.2 Å². The molecule has 1 fully saturated rings. The van der Waals surface area contributed by atoms with Gasteiger partial charge in [-0.25, -0.2) is 0 Å². The van der Waals surface area contributed by atoms with Crippen molar-refractivity contribution in [1.29, 1.82) is 5.26 Å². The highest BCUT2D eigenvalue weighted by molar-refractivity contribution is 5.22. The van der Waals surface area contributed by atoms with Gasteiger partial charge in [-0.15, -0.1) is 0 Å². The minimum absolute atomic E-state index is 0.0814. The van der Waals surface area contributed by atoms with Crippen LogP contribution in [0.5, 0.6) is 0 Å². The summed E-state index contributed by atoms with van der Waals surface area (Å²) in [5.41, 5.74) is 2.11. The Balaban J connectivity index is 1.91. The average Bonchev–Trinajstić information content (AvgIpc) is 2.45.